The van der Waals surface area contributed by atoms with Gasteiger partial charge in [0.2, 0.25) is 0 Å². The Hall–Kier alpha value is -4.05. The van der Waals surface area contributed by atoms with E-state index in [2.05, 4.69) is 53.1 Å². The molecule has 1 aliphatic heterocycles. The Morgan fingerprint density at radius 3 is 2.66 bits per heavy atom. The van der Waals surface area contributed by atoms with Gasteiger partial charge in [0.15, 0.2) is 0 Å². The van der Waals surface area contributed by atoms with Gasteiger partial charge >= 0.3 is 0 Å². The van der Waals surface area contributed by atoms with Crippen LogP contribution in [-0.4, -0.2) is 17.6 Å². The fraction of sp³-hybridized carbons (Fsp3) is 0.194. The highest BCUT2D eigenvalue weighted by molar-refractivity contribution is 6.01. The average Bonchev–Trinajstić information content (AvgIpc) is 3.39. The maximum absolute atomic E-state index is 13.3. The van der Waals surface area contributed by atoms with Crippen LogP contribution in [0.2, 0.25) is 0 Å². The highest BCUT2D eigenvalue weighted by Crippen LogP contribution is 2.53. The van der Waals surface area contributed by atoms with Crippen molar-refractivity contribution in [3.63, 3.8) is 0 Å². The Morgan fingerprint density at radius 2 is 1.77 bits per heavy atom. The number of amides is 1. The van der Waals surface area contributed by atoms with Crippen LogP contribution in [0.3, 0.4) is 0 Å². The Morgan fingerprint density at radius 1 is 0.943 bits per heavy atom. The number of hydrogen-bond donors (Lipinski definition) is 3. The van der Waals surface area contributed by atoms with Crippen LogP contribution in [0, 0.1) is 5.92 Å². The van der Waals surface area contributed by atoms with Crippen LogP contribution in [-0.2, 0) is 6.42 Å². The lowest BCUT2D eigenvalue weighted by Gasteiger charge is -2.39. The van der Waals surface area contributed by atoms with Gasteiger partial charge in [0.1, 0.15) is 5.75 Å². The van der Waals surface area contributed by atoms with Crippen molar-refractivity contribution in [3.8, 4) is 5.75 Å². The summed E-state index contributed by atoms with van der Waals surface area (Å²) in [5.74, 6) is 0.689. The van der Waals surface area contributed by atoms with E-state index in [-0.39, 0.29) is 23.8 Å². The summed E-state index contributed by atoms with van der Waals surface area (Å²) < 4.78 is 0. The number of para-hydroxylation sites is 1. The molecule has 4 aromatic carbocycles. The van der Waals surface area contributed by atoms with Gasteiger partial charge in [0, 0.05) is 18.0 Å². The third kappa shape index (κ3) is 3.85. The molecular formula is C31H28N2O2. The molecule has 2 aliphatic rings. The van der Waals surface area contributed by atoms with E-state index in [9.17, 15) is 9.90 Å². The van der Waals surface area contributed by atoms with Crippen molar-refractivity contribution in [1.82, 2.24) is 5.32 Å². The molecule has 1 aliphatic carbocycles. The normalized spacial score (nSPS) is 20.2. The third-order valence-electron chi connectivity index (χ3n) is 7.44. The van der Waals surface area contributed by atoms with Crippen molar-refractivity contribution in [2.75, 3.05) is 11.9 Å². The van der Waals surface area contributed by atoms with Crippen molar-refractivity contribution in [1.29, 1.82) is 0 Å². The Labute approximate surface area is 205 Å². The lowest BCUT2D eigenvalue weighted by atomic mass is 9.75. The number of nitrogens with one attached hydrogen (secondary N) is 2. The molecule has 0 spiro atoms. The van der Waals surface area contributed by atoms with Gasteiger partial charge in [-0.05, 0) is 52.8 Å². The summed E-state index contributed by atoms with van der Waals surface area (Å²) in [4.78, 5) is 13.3. The fourth-order valence-electron chi connectivity index (χ4n) is 5.77. The molecule has 3 atom stereocenters. The van der Waals surface area contributed by atoms with Crippen molar-refractivity contribution >= 4 is 22.4 Å². The van der Waals surface area contributed by atoms with Crippen molar-refractivity contribution in [2.45, 2.75) is 24.8 Å². The second-order valence-electron chi connectivity index (χ2n) is 9.46. The van der Waals surface area contributed by atoms with E-state index in [1.54, 1.807) is 6.07 Å². The summed E-state index contributed by atoms with van der Waals surface area (Å²) in [6, 6.07) is 28.0. The Balaban J connectivity index is 1.35. The Kier molecular flexibility index (Phi) is 5.49. The van der Waals surface area contributed by atoms with Gasteiger partial charge < -0.3 is 15.7 Å². The first-order chi connectivity index (χ1) is 17.2. The molecule has 0 saturated carbocycles. The van der Waals surface area contributed by atoms with Crippen LogP contribution in [0.5, 0.6) is 5.75 Å². The minimum Gasteiger partial charge on any atom is -0.508 e. The van der Waals surface area contributed by atoms with Crippen LogP contribution in [0.4, 0.5) is 5.69 Å². The molecule has 0 radical (unpaired) electrons. The monoisotopic (exact) mass is 460 g/mol. The smallest absolute Gasteiger partial charge is 0.253 e. The molecule has 0 fully saturated rings. The molecule has 174 valence electrons. The van der Waals surface area contributed by atoms with Gasteiger partial charge in [-0.2, -0.15) is 0 Å². The number of rotatable bonds is 5. The standard InChI is InChI=1S/C31H28N2O2/c34-27-17-16-21-10-4-5-11-22(21)28(27)30-25-14-6-12-23(25)24-13-7-15-26(29(24)33-30)31(35)32-19-18-20-8-2-1-3-9-20/h1-13,15-17,23,25,30,33-34H,14,18-19H2,(H,32,35). The minimum absolute atomic E-state index is 0.0772. The molecule has 4 heteroatoms. The molecule has 0 bridgehead atoms. The SMILES string of the molecule is O=C(NCCc1ccccc1)c1cccc2c1NC(c1c(O)ccc3ccccc13)C1CC=CC21. The summed E-state index contributed by atoms with van der Waals surface area (Å²) in [7, 11) is 0. The van der Waals surface area contributed by atoms with Gasteiger partial charge in [-0.15, -0.1) is 0 Å². The molecule has 4 nitrogen and oxygen atoms in total. The number of anilines is 1. The van der Waals surface area contributed by atoms with E-state index in [0.717, 1.165) is 40.4 Å². The van der Waals surface area contributed by atoms with E-state index in [4.69, 9.17) is 0 Å². The molecule has 4 aromatic rings. The molecule has 0 aromatic heterocycles. The fourth-order valence-corrected chi connectivity index (χ4v) is 5.77. The van der Waals surface area contributed by atoms with Crippen LogP contribution in [0.1, 0.15) is 45.4 Å². The predicted molar refractivity (Wildman–Crippen MR) is 141 cm³/mol. The first-order valence-electron chi connectivity index (χ1n) is 12.3. The summed E-state index contributed by atoms with van der Waals surface area (Å²) >= 11 is 0. The lowest BCUT2D eigenvalue weighted by molar-refractivity contribution is 0.0954. The van der Waals surface area contributed by atoms with Crippen LogP contribution in [0.25, 0.3) is 10.8 Å². The number of allylic oxidation sites excluding steroid dienone is 2. The number of phenolic OH excluding ortho intramolecular Hbond substituents is 1. The first kappa shape index (κ1) is 21.5. The van der Waals surface area contributed by atoms with E-state index >= 15 is 0 Å². The van der Waals surface area contributed by atoms with E-state index < -0.39 is 0 Å². The molecular weight excluding hydrogens is 432 g/mol. The molecule has 35 heavy (non-hydrogen) atoms. The van der Waals surface area contributed by atoms with Crippen LogP contribution in [0.15, 0.2) is 97.1 Å². The first-order valence-corrected chi connectivity index (χ1v) is 12.3. The average molecular weight is 461 g/mol. The molecule has 3 unspecified atom stereocenters. The second-order valence-corrected chi connectivity index (χ2v) is 9.46. The molecule has 1 amide bonds. The number of phenols is 1. The maximum Gasteiger partial charge on any atom is 0.253 e. The van der Waals surface area contributed by atoms with E-state index in [0.29, 0.717) is 17.9 Å². The van der Waals surface area contributed by atoms with E-state index in [1.165, 1.54) is 5.56 Å². The topological polar surface area (TPSA) is 61.4 Å². The number of fused-ring (bicyclic) bond motifs is 4. The van der Waals surface area contributed by atoms with Gasteiger partial charge in [-0.25, -0.2) is 0 Å². The maximum atomic E-state index is 13.3. The van der Waals surface area contributed by atoms with E-state index in [1.807, 2.05) is 48.5 Å². The van der Waals surface area contributed by atoms with Gasteiger partial charge in [0.05, 0.1) is 17.3 Å². The highest BCUT2D eigenvalue weighted by Gasteiger charge is 2.40. The Bertz CT molecular complexity index is 1430. The summed E-state index contributed by atoms with van der Waals surface area (Å²) in [6.07, 6.45) is 6.21. The van der Waals surface area contributed by atoms with Crippen molar-refractivity contribution in [2.24, 2.45) is 5.92 Å². The number of benzene rings is 4. The van der Waals surface area contributed by atoms with Gasteiger partial charge in [0.25, 0.3) is 5.91 Å². The van der Waals surface area contributed by atoms with Gasteiger partial charge in [-0.3, -0.25) is 4.79 Å². The molecule has 6 rings (SSSR count). The third-order valence-corrected chi connectivity index (χ3v) is 7.44. The number of carbonyl (C=O) groups excluding carboxylic acids is 1. The zero-order chi connectivity index (χ0) is 23.8. The summed E-state index contributed by atoms with van der Waals surface area (Å²) in [5, 5.41) is 20.0. The molecule has 0 saturated heterocycles. The quantitative estimate of drug-likeness (QED) is 0.304. The zero-order valence-electron chi connectivity index (χ0n) is 19.4. The zero-order valence-corrected chi connectivity index (χ0v) is 19.4. The second kappa shape index (κ2) is 8.95. The summed E-state index contributed by atoms with van der Waals surface area (Å²) in [5.41, 5.74) is 4.78. The number of carbonyl (C=O) groups is 1. The predicted octanol–water partition coefficient (Wildman–Crippen LogP) is 6.34. The highest BCUT2D eigenvalue weighted by atomic mass is 16.3. The van der Waals surface area contributed by atoms with Crippen LogP contribution < -0.4 is 10.6 Å². The summed E-state index contributed by atoms with van der Waals surface area (Å²) in [6.45, 7) is 0.575. The lowest BCUT2D eigenvalue weighted by Crippen LogP contribution is -2.32. The van der Waals surface area contributed by atoms with Crippen molar-refractivity contribution in [3.05, 3.63) is 119 Å². The van der Waals surface area contributed by atoms with Crippen LogP contribution >= 0.6 is 0 Å². The number of hydrogen-bond acceptors (Lipinski definition) is 3. The largest absolute Gasteiger partial charge is 0.508 e. The minimum atomic E-state index is -0.105. The molecule has 1 heterocycles. The van der Waals surface area contributed by atoms with Crippen molar-refractivity contribution < 1.29 is 9.90 Å². The number of aromatic hydroxyl groups is 1. The molecule has 3 N–H and O–H groups in total. The van der Waals surface area contributed by atoms with Gasteiger partial charge in [-0.1, -0.05) is 84.9 Å².